The molecule has 20 heavy (non-hydrogen) atoms. The molecular formula is C15H23ClN2O2. The van der Waals surface area contributed by atoms with Crippen LogP contribution in [0.1, 0.15) is 18.4 Å². The smallest absolute Gasteiger partial charge is 0.0637 e. The lowest BCUT2D eigenvalue weighted by atomic mass is 10.1. The number of hydrogen-bond acceptors (Lipinski definition) is 4. The molecule has 1 saturated carbocycles. The molecule has 0 aromatic heterocycles. The number of methoxy groups -OCH3 is 1. The van der Waals surface area contributed by atoms with Gasteiger partial charge in [0.1, 0.15) is 0 Å². The van der Waals surface area contributed by atoms with Gasteiger partial charge in [-0.25, -0.2) is 0 Å². The van der Waals surface area contributed by atoms with Crippen LogP contribution in [0.3, 0.4) is 0 Å². The SMILES string of the molecule is COCCN(CCO)c1cccc(Cl)c1CNC1CC1. The molecule has 4 nitrogen and oxygen atoms in total. The summed E-state index contributed by atoms with van der Waals surface area (Å²) in [5.41, 5.74) is 2.18. The number of nitrogens with zero attached hydrogens (tertiary/aromatic N) is 1. The van der Waals surface area contributed by atoms with Crippen molar-refractivity contribution in [1.82, 2.24) is 5.32 Å². The first-order chi connectivity index (χ1) is 9.76. The molecule has 2 rings (SSSR count). The van der Waals surface area contributed by atoms with Gasteiger partial charge in [-0.3, -0.25) is 0 Å². The number of rotatable bonds is 9. The predicted octanol–water partition coefficient (Wildman–Crippen LogP) is 2.04. The minimum Gasteiger partial charge on any atom is -0.395 e. The molecule has 0 unspecified atom stereocenters. The highest BCUT2D eigenvalue weighted by Gasteiger charge is 2.22. The molecule has 0 amide bonds. The highest BCUT2D eigenvalue weighted by molar-refractivity contribution is 6.31. The Bertz CT molecular complexity index is 424. The van der Waals surface area contributed by atoms with Crippen molar-refractivity contribution >= 4 is 17.3 Å². The first kappa shape index (κ1) is 15.6. The normalized spacial score (nSPS) is 14.6. The van der Waals surface area contributed by atoms with Crippen LogP contribution in [-0.2, 0) is 11.3 Å². The Morgan fingerprint density at radius 3 is 2.85 bits per heavy atom. The summed E-state index contributed by atoms with van der Waals surface area (Å²) >= 11 is 6.35. The molecule has 5 heteroatoms. The van der Waals surface area contributed by atoms with Crippen molar-refractivity contribution in [3.63, 3.8) is 0 Å². The summed E-state index contributed by atoms with van der Waals surface area (Å²) in [4.78, 5) is 2.12. The van der Waals surface area contributed by atoms with Gasteiger partial charge < -0.3 is 20.1 Å². The van der Waals surface area contributed by atoms with Crippen LogP contribution < -0.4 is 10.2 Å². The van der Waals surface area contributed by atoms with Gasteiger partial charge in [-0.2, -0.15) is 0 Å². The van der Waals surface area contributed by atoms with Gasteiger partial charge in [0, 0.05) is 49.1 Å². The Hall–Kier alpha value is -0.810. The van der Waals surface area contributed by atoms with Crippen LogP contribution in [0.25, 0.3) is 0 Å². The van der Waals surface area contributed by atoms with Crippen molar-refractivity contribution in [2.75, 3.05) is 38.3 Å². The van der Waals surface area contributed by atoms with Crippen LogP contribution >= 0.6 is 11.6 Å². The van der Waals surface area contributed by atoms with E-state index in [1.165, 1.54) is 12.8 Å². The number of hydrogen-bond donors (Lipinski definition) is 2. The summed E-state index contributed by atoms with van der Waals surface area (Å²) in [6, 6.07) is 6.57. The Labute approximate surface area is 125 Å². The molecule has 1 aliphatic carbocycles. The maximum Gasteiger partial charge on any atom is 0.0637 e. The van der Waals surface area contributed by atoms with Crippen molar-refractivity contribution in [3.05, 3.63) is 28.8 Å². The van der Waals surface area contributed by atoms with Crippen LogP contribution in [0.5, 0.6) is 0 Å². The predicted molar refractivity (Wildman–Crippen MR) is 82.5 cm³/mol. The summed E-state index contributed by atoms with van der Waals surface area (Å²) in [5, 5.41) is 13.5. The van der Waals surface area contributed by atoms with Gasteiger partial charge in [0.25, 0.3) is 0 Å². The minimum atomic E-state index is 0.117. The Balaban J connectivity index is 2.14. The average Bonchev–Trinajstić information content (AvgIpc) is 3.26. The number of aliphatic hydroxyl groups is 1. The quantitative estimate of drug-likeness (QED) is 0.732. The van der Waals surface area contributed by atoms with Gasteiger partial charge in [0.2, 0.25) is 0 Å². The Morgan fingerprint density at radius 1 is 1.40 bits per heavy atom. The number of halogens is 1. The van der Waals surface area contributed by atoms with Crippen LogP contribution in [0.2, 0.25) is 5.02 Å². The minimum absolute atomic E-state index is 0.117. The van der Waals surface area contributed by atoms with Crippen LogP contribution in [-0.4, -0.2) is 44.6 Å². The topological polar surface area (TPSA) is 44.7 Å². The third-order valence-electron chi connectivity index (χ3n) is 3.51. The van der Waals surface area contributed by atoms with E-state index in [4.69, 9.17) is 16.3 Å². The lowest BCUT2D eigenvalue weighted by Gasteiger charge is -2.27. The monoisotopic (exact) mass is 298 g/mol. The zero-order valence-corrected chi connectivity index (χ0v) is 12.7. The first-order valence-corrected chi connectivity index (χ1v) is 7.49. The van der Waals surface area contributed by atoms with E-state index in [0.717, 1.165) is 29.4 Å². The zero-order chi connectivity index (χ0) is 14.4. The second-order valence-corrected chi connectivity index (χ2v) is 5.50. The summed E-state index contributed by atoms with van der Waals surface area (Å²) in [6.45, 7) is 2.84. The molecule has 0 bridgehead atoms. The van der Waals surface area contributed by atoms with E-state index in [1.54, 1.807) is 7.11 Å². The maximum absolute atomic E-state index is 9.25. The molecule has 0 atom stereocenters. The molecule has 0 spiro atoms. The molecule has 1 fully saturated rings. The van der Waals surface area contributed by atoms with E-state index in [9.17, 15) is 5.11 Å². The standard InChI is InChI=1S/C15H23ClN2O2/c1-20-10-8-18(7-9-19)15-4-2-3-14(16)13(15)11-17-12-5-6-12/h2-4,12,17,19H,5-11H2,1H3. The van der Waals surface area contributed by atoms with E-state index in [-0.39, 0.29) is 6.61 Å². The number of anilines is 1. The fourth-order valence-electron chi connectivity index (χ4n) is 2.23. The molecule has 112 valence electrons. The second-order valence-electron chi connectivity index (χ2n) is 5.10. The van der Waals surface area contributed by atoms with Gasteiger partial charge >= 0.3 is 0 Å². The fourth-order valence-corrected chi connectivity index (χ4v) is 2.46. The van der Waals surface area contributed by atoms with Crippen LogP contribution in [0.4, 0.5) is 5.69 Å². The fraction of sp³-hybridized carbons (Fsp3) is 0.600. The lowest BCUT2D eigenvalue weighted by molar-refractivity contribution is 0.203. The third kappa shape index (κ3) is 4.35. The highest BCUT2D eigenvalue weighted by Crippen LogP contribution is 2.29. The van der Waals surface area contributed by atoms with Gasteiger partial charge in [-0.1, -0.05) is 17.7 Å². The summed E-state index contributed by atoms with van der Waals surface area (Å²) < 4.78 is 5.15. The number of aliphatic hydroxyl groups excluding tert-OH is 1. The van der Waals surface area contributed by atoms with Gasteiger partial charge in [0.05, 0.1) is 13.2 Å². The molecule has 0 saturated heterocycles. The van der Waals surface area contributed by atoms with Crippen molar-refractivity contribution in [3.8, 4) is 0 Å². The van der Waals surface area contributed by atoms with E-state index >= 15 is 0 Å². The zero-order valence-electron chi connectivity index (χ0n) is 11.9. The number of ether oxygens (including phenoxy) is 1. The molecule has 2 N–H and O–H groups in total. The van der Waals surface area contributed by atoms with E-state index < -0.39 is 0 Å². The lowest BCUT2D eigenvalue weighted by Crippen LogP contribution is -2.31. The van der Waals surface area contributed by atoms with Crippen molar-refractivity contribution < 1.29 is 9.84 Å². The van der Waals surface area contributed by atoms with Crippen molar-refractivity contribution in [1.29, 1.82) is 0 Å². The van der Waals surface area contributed by atoms with Crippen LogP contribution in [0.15, 0.2) is 18.2 Å². The van der Waals surface area contributed by atoms with Gasteiger partial charge in [0.15, 0.2) is 0 Å². The Kier molecular flexibility index (Phi) is 6.10. The molecule has 0 heterocycles. The largest absolute Gasteiger partial charge is 0.395 e. The molecule has 1 aromatic rings. The third-order valence-corrected chi connectivity index (χ3v) is 3.87. The summed E-state index contributed by atoms with van der Waals surface area (Å²) in [5.74, 6) is 0. The number of nitrogens with one attached hydrogen (secondary N) is 1. The maximum atomic E-state index is 9.25. The van der Waals surface area contributed by atoms with E-state index in [0.29, 0.717) is 19.2 Å². The van der Waals surface area contributed by atoms with Crippen molar-refractivity contribution in [2.45, 2.75) is 25.4 Å². The number of benzene rings is 1. The average molecular weight is 299 g/mol. The summed E-state index contributed by atoms with van der Waals surface area (Å²) in [6.07, 6.45) is 2.51. The molecule has 0 aliphatic heterocycles. The Morgan fingerprint density at radius 2 is 2.20 bits per heavy atom. The van der Waals surface area contributed by atoms with Gasteiger partial charge in [-0.15, -0.1) is 0 Å². The van der Waals surface area contributed by atoms with E-state index in [2.05, 4.69) is 16.3 Å². The molecule has 1 aromatic carbocycles. The molecule has 0 radical (unpaired) electrons. The molecular weight excluding hydrogens is 276 g/mol. The van der Waals surface area contributed by atoms with Gasteiger partial charge in [-0.05, 0) is 25.0 Å². The van der Waals surface area contributed by atoms with Crippen LogP contribution in [0, 0.1) is 0 Å². The van der Waals surface area contributed by atoms with Crippen molar-refractivity contribution in [2.24, 2.45) is 0 Å². The molecule has 1 aliphatic rings. The summed E-state index contributed by atoms with van der Waals surface area (Å²) in [7, 11) is 1.69. The van der Waals surface area contributed by atoms with E-state index in [1.807, 2.05) is 12.1 Å². The second kappa shape index (κ2) is 7.84. The highest BCUT2D eigenvalue weighted by atomic mass is 35.5. The first-order valence-electron chi connectivity index (χ1n) is 7.11.